The summed E-state index contributed by atoms with van der Waals surface area (Å²) in [5, 5.41) is 17.9. The standard InChI is InChI=1S/C22H22N2O6/c25-21(26)18-5-1-16(2-6-18)11-29-13-20(24-10-9-23-15-24)14-30-12-17-3-7-19(8-4-17)22(27)28/h1-10,15,20H,11-14H2,(H,25,26)(H,27,28). The van der Waals surface area contributed by atoms with Gasteiger partial charge in [0.1, 0.15) is 0 Å². The Bertz CT molecular complexity index is 889. The van der Waals surface area contributed by atoms with Gasteiger partial charge in [-0.05, 0) is 35.4 Å². The molecule has 0 saturated carbocycles. The molecular formula is C22H22N2O6. The van der Waals surface area contributed by atoms with Crippen molar-refractivity contribution in [2.75, 3.05) is 13.2 Å². The van der Waals surface area contributed by atoms with Gasteiger partial charge in [0.05, 0.1) is 49.9 Å². The lowest BCUT2D eigenvalue weighted by Crippen LogP contribution is -2.20. The molecule has 8 nitrogen and oxygen atoms in total. The molecule has 156 valence electrons. The fraction of sp³-hybridized carbons (Fsp3) is 0.227. The topological polar surface area (TPSA) is 111 Å². The van der Waals surface area contributed by atoms with Crippen LogP contribution in [0.25, 0.3) is 0 Å². The van der Waals surface area contributed by atoms with Crippen molar-refractivity contribution in [3.05, 3.63) is 89.5 Å². The number of nitrogens with zero attached hydrogens (tertiary/aromatic N) is 2. The van der Waals surface area contributed by atoms with Crippen molar-refractivity contribution >= 4 is 11.9 Å². The van der Waals surface area contributed by atoms with E-state index in [0.29, 0.717) is 26.4 Å². The number of hydrogen-bond donors (Lipinski definition) is 2. The number of aromatic nitrogens is 2. The second-order valence-electron chi connectivity index (χ2n) is 6.70. The highest BCUT2D eigenvalue weighted by atomic mass is 16.5. The van der Waals surface area contributed by atoms with Gasteiger partial charge in [-0.3, -0.25) is 0 Å². The summed E-state index contributed by atoms with van der Waals surface area (Å²) < 4.78 is 13.5. The van der Waals surface area contributed by atoms with E-state index >= 15 is 0 Å². The molecule has 0 atom stereocenters. The molecule has 0 unspecified atom stereocenters. The summed E-state index contributed by atoms with van der Waals surface area (Å²) in [5.41, 5.74) is 2.23. The van der Waals surface area contributed by atoms with E-state index in [0.717, 1.165) is 11.1 Å². The zero-order valence-corrected chi connectivity index (χ0v) is 16.2. The first-order chi connectivity index (χ1) is 14.5. The van der Waals surface area contributed by atoms with Gasteiger partial charge in [-0.2, -0.15) is 0 Å². The second-order valence-corrected chi connectivity index (χ2v) is 6.70. The zero-order valence-electron chi connectivity index (χ0n) is 16.2. The molecule has 0 saturated heterocycles. The molecule has 0 amide bonds. The summed E-state index contributed by atoms with van der Waals surface area (Å²) in [6.45, 7) is 1.47. The van der Waals surface area contributed by atoms with Crippen LogP contribution in [0.3, 0.4) is 0 Å². The van der Waals surface area contributed by atoms with Crippen molar-refractivity contribution in [1.29, 1.82) is 0 Å². The van der Waals surface area contributed by atoms with Crippen LogP contribution in [-0.2, 0) is 22.7 Å². The maximum atomic E-state index is 10.9. The second kappa shape index (κ2) is 10.3. The zero-order chi connectivity index (χ0) is 21.3. The quantitative estimate of drug-likeness (QED) is 0.499. The Morgan fingerprint density at radius 3 is 1.67 bits per heavy atom. The highest BCUT2D eigenvalue weighted by molar-refractivity contribution is 5.87. The molecule has 30 heavy (non-hydrogen) atoms. The summed E-state index contributed by atoms with van der Waals surface area (Å²) in [6, 6.07) is 13.0. The Morgan fingerprint density at radius 1 is 0.833 bits per heavy atom. The third kappa shape index (κ3) is 6.00. The summed E-state index contributed by atoms with van der Waals surface area (Å²) in [6.07, 6.45) is 5.21. The number of aromatic carboxylic acids is 2. The summed E-state index contributed by atoms with van der Waals surface area (Å²) in [4.78, 5) is 25.9. The number of carboxylic acid groups (broad SMARTS) is 2. The number of benzene rings is 2. The van der Waals surface area contributed by atoms with Crippen LogP contribution in [0.1, 0.15) is 37.9 Å². The molecule has 0 radical (unpaired) electrons. The van der Waals surface area contributed by atoms with Gasteiger partial charge in [0.15, 0.2) is 0 Å². The first-order valence-corrected chi connectivity index (χ1v) is 9.30. The van der Waals surface area contributed by atoms with Crippen LogP contribution in [0, 0.1) is 0 Å². The Labute approximate surface area is 173 Å². The van der Waals surface area contributed by atoms with E-state index in [1.54, 1.807) is 61.1 Å². The molecular weight excluding hydrogens is 388 g/mol. The molecule has 3 rings (SSSR count). The lowest BCUT2D eigenvalue weighted by atomic mass is 10.1. The van der Waals surface area contributed by atoms with E-state index in [1.807, 2.05) is 10.8 Å². The van der Waals surface area contributed by atoms with Crippen molar-refractivity contribution in [3.63, 3.8) is 0 Å². The number of carboxylic acids is 2. The third-order valence-corrected chi connectivity index (χ3v) is 4.51. The number of carbonyl (C=O) groups is 2. The third-order valence-electron chi connectivity index (χ3n) is 4.51. The largest absolute Gasteiger partial charge is 0.478 e. The van der Waals surface area contributed by atoms with Crippen molar-refractivity contribution in [2.45, 2.75) is 19.3 Å². The Hall–Kier alpha value is -3.49. The van der Waals surface area contributed by atoms with Crippen LogP contribution in [0.5, 0.6) is 0 Å². The first-order valence-electron chi connectivity index (χ1n) is 9.30. The van der Waals surface area contributed by atoms with E-state index < -0.39 is 11.9 Å². The summed E-state index contributed by atoms with van der Waals surface area (Å²) in [5.74, 6) is -1.92. The van der Waals surface area contributed by atoms with Crippen LogP contribution in [0.2, 0.25) is 0 Å². The number of rotatable bonds is 11. The Balaban J connectivity index is 1.51. The highest BCUT2D eigenvalue weighted by Gasteiger charge is 2.12. The van der Waals surface area contributed by atoms with Gasteiger partial charge in [-0.25, -0.2) is 14.6 Å². The average Bonchev–Trinajstić information content (AvgIpc) is 3.28. The van der Waals surface area contributed by atoms with Gasteiger partial charge in [0, 0.05) is 12.4 Å². The minimum absolute atomic E-state index is 0.0934. The van der Waals surface area contributed by atoms with Crippen LogP contribution in [0.4, 0.5) is 0 Å². The SMILES string of the molecule is O=C(O)c1ccc(COCC(COCc2ccc(C(=O)O)cc2)n2ccnc2)cc1. The molecule has 0 spiro atoms. The minimum atomic E-state index is -0.961. The molecule has 8 heteroatoms. The predicted octanol–water partition coefficient (Wildman–Crippen LogP) is 3.25. The van der Waals surface area contributed by atoms with E-state index in [4.69, 9.17) is 19.7 Å². The molecule has 1 heterocycles. The van der Waals surface area contributed by atoms with Crippen molar-refractivity contribution in [3.8, 4) is 0 Å². The van der Waals surface area contributed by atoms with E-state index in [-0.39, 0.29) is 17.2 Å². The molecule has 2 aromatic carbocycles. The molecule has 3 aromatic rings. The van der Waals surface area contributed by atoms with Crippen LogP contribution < -0.4 is 0 Å². The maximum Gasteiger partial charge on any atom is 0.335 e. The lowest BCUT2D eigenvalue weighted by molar-refractivity contribution is 0.0316. The first kappa shape index (κ1) is 21.2. The maximum absolute atomic E-state index is 10.9. The van der Waals surface area contributed by atoms with Crippen LogP contribution >= 0.6 is 0 Å². The molecule has 2 N–H and O–H groups in total. The minimum Gasteiger partial charge on any atom is -0.478 e. The Morgan fingerprint density at radius 2 is 1.30 bits per heavy atom. The molecule has 0 aliphatic heterocycles. The fourth-order valence-electron chi connectivity index (χ4n) is 2.82. The molecule has 0 aliphatic carbocycles. The molecule has 0 bridgehead atoms. The van der Waals surface area contributed by atoms with Gasteiger partial charge in [0.2, 0.25) is 0 Å². The van der Waals surface area contributed by atoms with Gasteiger partial charge in [-0.1, -0.05) is 24.3 Å². The average molecular weight is 410 g/mol. The van der Waals surface area contributed by atoms with Gasteiger partial charge in [-0.15, -0.1) is 0 Å². The molecule has 0 fully saturated rings. The number of hydrogen-bond acceptors (Lipinski definition) is 5. The monoisotopic (exact) mass is 410 g/mol. The van der Waals surface area contributed by atoms with Gasteiger partial charge < -0.3 is 24.3 Å². The lowest BCUT2D eigenvalue weighted by Gasteiger charge is -2.19. The van der Waals surface area contributed by atoms with E-state index in [9.17, 15) is 9.59 Å². The van der Waals surface area contributed by atoms with E-state index in [1.165, 1.54) is 0 Å². The Kier molecular flexibility index (Phi) is 7.31. The van der Waals surface area contributed by atoms with Crippen LogP contribution in [0.15, 0.2) is 67.3 Å². The van der Waals surface area contributed by atoms with Gasteiger partial charge >= 0.3 is 11.9 Å². The fourth-order valence-corrected chi connectivity index (χ4v) is 2.82. The normalized spacial score (nSPS) is 11.0. The van der Waals surface area contributed by atoms with Crippen molar-refractivity contribution < 1.29 is 29.3 Å². The number of imidazole rings is 1. The summed E-state index contributed by atoms with van der Waals surface area (Å²) >= 11 is 0. The van der Waals surface area contributed by atoms with Crippen molar-refractivity contribution in [1.82, 2.24) is 9.55 Å². The molecule has 1 aromatic heterocycles. The van der Waals surface area contributed by atoms with E-state index in [2.05, 4.69) is 4.98 Å². The molecule has 0 aliphatic rings. The summed E-state index contributed by atoms with van der Waals surface area (Å²) in [7, 11) is 0. The van der Waals surface area contributed by atoms with Crippen molar-refractivity contribution in [2.24, 2.45) is 0 Å². The highest BCUT2D eigenvalue weighted by Crippen LogP contribution is 2.13. The predicted molar refractivity (Wildman–Crippen MR) is 107 cm³/mol. The van der Waals surface area contributed by atoms with Crippen LogP contribution in [-0.4, -0.2) is 44.9 Å². The number of ether oxygens (including phenoxy) is 2. The smallest absolute Gasteiger partial charge is 0.335 e. The van der Waals surface area contributed by atoms with Gasteiger partial charge in [0.25, 0.3) is 0 Å².